The summed E-state index contributed by atoms with van der Waals surface area (Å²) >= 11 is 3.80. The van der Waals surface area contributed by atoms with Gasteiger partial charge in [-0.25, -0.2) is 0 Å². The quantitative estimate of drug-likeness (QED) is 0.834. The second-order valence-electron chi connectivity index (χ2n) is 3.76. The number of thiophene rings is 1. The minimum absolute atomic E-state index is 0.677. The van der Waals surface area contributed by atoms with Gasteiger partial charge in [-0.3, -0.25) is 0 Å². The topological polar surface area (TPSA) is 38.0 Å². The Hall–Kier alpha value is -0.190. The van der Waals surface area contributed by atoms with Crippen LogP contribution < -0.4 is 11.1 Å². The Morgan fingerprint density at radius 1 is 1.64 bits per heavy atom. The van der Waals surface area contributed by atoms with Crippen molar-refractivity contribution in [3.63, 3.8) is 0 Å². The molecule has 2 atom stereocenters. The van der Waals surface area contributed by atoms with E-state index in [1.165, 1.54) is 17.1 Å². The average Bonchev–Trinajstić information content (AvgIpc) is 2.72. The molecule has 4 heteroatoms. The first-order valence-electron chi connectivity index (χ1n) is 4.92. The Morgan fingerprint density at radius 2 is 2.50 bits per heavy atom. The van der Waals surface area contributed by atoms with Gasteiger partial charge in [0.1, 0.15) is 0 Å². The number of rotatable bonds is 3. The minimum Gasteiger partial charge on any atom is -0.398 e. The van der Waals surface area contributed by atoms with Gasteiger partial charge in [-0.15, -0.1) is 11.3 Å². The van der Waals surface area contributed by atoms with Crippen molar-refractivity contribution in [3.05, 3.63) is 16.3 Å². The molecular formula is C10H16N2S2. The maximum atomic E-state index is 5.82. The molecule has 0 bridgehead atoms. The Morgan fingerprint density at radius 3 is 3.07 bits per heavy atom. The van der Waals surface area contributed by atoms with Crippen LogP contribution in [-0.4, -0.2) is 17.0 Å². The lowest BCUT2D eigenvalue weighted by Crippen LogP contribution is -2.28. The van der Waals surface area contributed by atoms with Crippen LogP contribution in [0.3, 0.4) is 0 Å². The zero-order valence-corrected chi connectivity index (χ0v) is 9.96. The number of anilines is 1. The van der Waals surface area contributed by atoms with Gasteiger partial charge in [0.2, 0.25) is 0 Å². The van der Waals surface area contributed by atoms with Crippen molar-refractivity contribution in [1.29, 1.82) is 0 Å². The van der Waals surface area contributed by atoms with E-state index >= 15 is 0 Å². The number of hydrogen-bond donors (Lipinski definition) is 2. The zero-order chi connectivity index (χ0) is 9.97. The summed E-state index contributed by atoms with van der Waals surface area (Å²) in [5, 5.41) is 6.43. The van der Waals surface area contributed by atoms with E-state index in [9.17, 15) is 0 Å². The van der Waals surface area contributed by atoms with E-state index in [2.05, 4.69) is 29.4 Å². The Bertz CT molecular complexity index is 298. The van der Waals surface area contributed by atoms with Crippen molar-refractivity contribution in [2.24, 2.45) is 0 Å². The molecule has 2 unspecified atom stereocenters. The van der Waals surface area contributed by atoms with E-state index < -0.39 is 0 Å². The van der Waals surface area contributed by atoms with Gasteiger partial charge in [0.15, 0.2) is 0 Å². The maximum absolute atomic E-state index is 5.82. The molecule has 0 aromatic carbocycles. The van der Waals surface area contributed by atoms with Gasteiger partial charge in [-0.2, -0.15) is 11.8 Å². The van der Waals surface area contributed by atoms with E-state index in [1.807, 2.05) is 6.07 Å². The summed E-state index contributed by atoms with van der Waals surface area (Å²) in [5.74, 6) is 1.24. The van der Waals surface area contributed by atoms with Crippen LogP contribution in [0.15, 0.2) is 11.4 Å². The van der Waals surface area contributed by atoms with Crippen LogP contribution >= 0.6 is 23.1 Å². The Labute approximate surface area is 93.3 Å². The highest BCUT2D eigenvalue weighted by atomic mass is 32.2. The van der Waals surface area contributed by atoms with Crippen LogP contribution in [0.2, 0.25) is 0 Å². The maximum Gasteiger partial charge on any atom is 0.0468 e. The van der Waals surface area contributed by atoms with Crippen molar-refractivity contribution in [2.75, 3.05) is 11.5 Å². The predicted molar refractivity (Wildman–Crippen MR) is 65.9 cm³/mol. The summed E-state index contributed by atoms with van der Waals surface area (Å²) in [5.41, 5.74) is 6.75. The minimum atomic E-state index is 0.677. The molecule has 1 aliphatic heterocycles. The lowest BCUT2D eigenvalue weighted by atomic mass is 10.2. The fraction of sp³-hybridized carbons (Fsp3) is 0.600. The Balaban J connectivity index is 1.80. The summed E-state index contributed by atoms with van der Waals surface area (Å²) in [6, 6.07) is 2.66. The number of thioether (sulfide) groups is 1. The third-order valence-corrected chi connectivity index (χ3v) is 4.82. The summed E-state index contributed by atoms with van der Waals surface area (Å²) in [6.07, 6.45) is 1.29. The molecule has 0 aliphatic carbocycles. The van der Waals surface area contributed by atoms with E-state index in [1.54, 1.807) is 11.3 Å². The molecule has 0 radical (unpaired) electrons. The van der Waals surface area contributed by atoms with E-state index in [-0.39, 0.29) is 0 Å². The molecule has 2 rings (SSSR count). The molecule has 2 nitrogen and oxygen atoms in total. The van der Waals surface area contributed by atoms with E-state index in [0.717, 1.165) is 17.5 Å². The molecule has 14 heavy (non-hydrogen) atoms. The Kier molecular flexibility index (Phi) is 3.36. The zero-order valence-electron chi connectivity index (χ0n) is 8.32. The van der Waals surface area contributed by atoms with Gasteiger partial charge in [0.25, 0.3) is 0 Å². The van der Waals surface area contributed by atoms with Gasteiger partial charge < -0.3 is 11.1 Å². The van der Waals surface area contributed by atoms with Crippen molar-refractivity contribution < 1.29 is 0 Å². The average molecular weight is 228 g/mol. The predicted octanol–water partition coefficient (Wildman–Crippen LogP) is 2.31. The van der Waals surface area contributed by atoms with Gasteiger partial charge in [-0.05, 0) is 17.9 Å². The van der Waals surface area contributed by atoms with Gasteiger partial charge in [0.05, 0.1) is 0 Å². The highest BCUT2D eigenvalue weighted by Gasteiger charge is 2.21. The summed E-state index contributed by atoms with van der Waals surface area (Å²) < 4.78 is 0. The summed E-state index contributed by atoms with van der Waals surface area (Å²) in [4.78, 5) is 1.27. The third-order valence-electron chi connectivity index (χ3n) is 2.53. The number of nitrogens with one attached hydrogen (secondary N) is 1. The lowest BCUT2D eigenvalue weighted by molar-refractivity contribution is 0.542. The molecule has 0 amide bonds. The fourth-order valence-corrected chi connectivity index (χ4v) is 3.62. The molecule has 2 heterocycles. The molecule has 3 N–H and O–H groups in total. The van der Waals surface area contributed by atoms with Crippen LogP contribution in [0.25, 0.3) is 0 Å². The fourth-order valence-electron chi connectivity index (χ4n) is 1.69. The second-order valence-corrected chi connectivity index (χ2v) is 6.23. The SMILES string of the molecule is CC1CC(NCc2sccc2N)CS1. The van der Waals surface area contributed by atoms with Gasteiger partial charge >= 0.3 is 0 Å². The third kappa shape index (κ3) is 2.43. The van der Waals surface area contributed by atoms with E-state index in [4.69, 9.17) is 5.73 Å². The first kappa shape index (κ1) is 10.3. The van der Waals surface area contributed by atoms with Crippen molar-refractivity contribution in [2.45, 2.75) is 31.2 Å². The normalized spacial score (nSPS) is 26.9. The second kappa shape index (κ2) is 4.55. The molecule has 0 saturated carbocycles. The van der Waals surface area contributed by atoms with Crippen LogP contribution in [0.4, 0.5) is 5.69 Å². The molecule has 1 aromatic heterocycles. The van der Waals surface area contributed by atoms with Crippen molar-refractivity contribution in [1.82, 2.24) is 5.32 Å². The highest BCUT2D eigenvalue weighted by Crippen LogP contribution is 2.26. The number of nitrogen functional groups attached to an aromatic ring is 1. The first-order valence-corrected chi connectivity index (χ1v) is 6.85. The summed E-state index contributed by atoms with van der Waals surface area (Å²) in [7, 11) is 0. The van der Waals surface area contributed by atoms with Crippen LogP contribution in [0.1, 0.15) is 18.2 Å². The largest absolute Gasteiger partial charge is 0.398 e. The number of nitrogens with two attached hydrogens (primary N) is 1. The van der Waals surface area contributed by atoms with E-state index in [0.29, 0.717) is 6.04 Å². The molecule has 1 saturated heterocycles. The molecule has 78 valence electrons. The molecule has 1 aliphatic rings. The molecule has 0 spiro atoms. The standard InChI is InChI=1S/C10H16N2S2/c1-7-4-8(6-14-7)12-5-10-9(11)2-3-13-10/h2-3,7-8,12H,4-6,11H2,1H3. The van der Waals surface area contributed by atoms with Gasteiger partial charge in [-0.1, -0.05) is 6.92 Å². The monoisotopic (exact) mass is 228 g/mol. The smallest absolute Gasteiger partial charge is 0.0468 e. The first-order chi connectivity index (χ1) is 6.75. The molecule has 1 fully saturated rings. The number of hydrogen-bond acceptors (Lipinski definition) is 4. The van der Waals surface area contributed by atoms with Crippen LogP contribution in [0.5, 0.6) is 0 Å². The van der Waals surface area contributed by atoms with Crippen molar-refractivity contribution >= 4 is 28.8 Å². The molecule has 1 aromatic rings. The van der Waals surface area contributed by atoms with Crippen LogP contribution in [0, 0.1) is 0 Å². The van der Waals surface area contributed by atoms with Gasteiger partial charge in [0, 0.05) is 34.2 Å². The highest BCUT2D eigenvalue weighted by molar-refractivity contribution is 8.00. The summed E-state index contributed by atoms with van der Waals surface area (Å²) in [6.45, 7) is 3.23. The lowest BCUT2D eigenvalue weighted by Gasteiger charge is -2.10. The van der Waals surface area contributed by atoms with Crippen LogP contribution in [-0.2, 0) is 6.54 Å². The molecular weight excluding hydrogens is 212 g/mol. The van der Waals surface area contributed by atoms with Crippen molar-refractivity contribution in [3.8, 4) is 0 Å².